The second-order valence-corrected chi connectivity index (χ2v) is 9.78. The zero-order valence-corrected chi connectivity index (χ0v) is 20.5. The van der Waals surface area contributed by atoms with E-state index in [9.17, 15) is 9.90 Å². The standard InChI is InChI=1S/C26H34N2O5S/c1-3-13-32-17-20(29)15-27(19-4-5-19)16-26(30)28-12-10-25-23(11-14-34-25)24(28)18-33-22-8-6-21(31-2)7-9-22/h3,6-9,11,14,19-20,24,29H,1,4-5,10,12-13,15-18H2,2H3/t20-,24+/m1/s1. The van der Waals surface area contributed by atoms with Gasteiger partial charge in [-0.2, -0.15) is 0 Å². The van der Waals surface area contributed by atoms with Crippen molar-refractivity contribution in [2.75, 3.05) is 46.6 Å². The first kappa shape index (κ1) is 24.7. The minimum absolute atomic E-state index is 0.0753. The number of rotatable bonds is 13. The number of carbonyl (C=O) groups is 1. The van der Waals surface area contributed by atoms with Crippen LogP contribution < -0.4 is 9.47 Å². The maximum Gasteiger partial charge on any atom is 0.237 e. The number of thiophene rings is 1. The summed E-state index contributed by atoms with van der Waals surface area (Å²) in [5, 5.41) is 12.5. The number of aliphatic hydroxyl groups is 1. The topological polar surface area (TPSA) is 71.5 Å². The molecule has 184 valence electrons. The Hall–Kier alpha value is -2.39. The van der Waals surface area contributed by atoms with Crippen molar-refractivity contribution in [2.45, 2.75) is 37.5 Å². The SMILES string of the molecule is C=CCOC[C@H](O)CN(CC(=O)N1CCc2sccc2[C@@H]1COc1ccc(OC)cc1)C1CC1. The third kappa shape index (κ3) is 6.39. The molecule has 1 amide bonds. The molecule has 1 N–H and O–H groups in total. The van der Waals surface area contributed by atoms with Gasteiger partial charge in [0.1, 0.15) is 18.1 Å². The third-order valence-corrected chi connectivity index (χ3v) is 7.27. The molecule has 1 aliphatic carbocycles. The number of hydrogen-bond acceptors (Lipinski definition) is 7. The Balaban J connectivity index is 1.41. The molecule has 2 atom stereocenters. The summed E-state index contributed by atoms with van der Waals surface area (Å²) >= 11 is 1.74. The monoisotopic (exact) mass is 486 g/mol. The van der Waals surface area contributed by atoms with E-state index in [1.807, 2.05) is 29.2 Å². The van der Waals surface area contributed by atoms with Crippen molar-refractivity contribution in [2.24, 2.45) is 0 Å². The van der Waals surface area contributed by atoms with Crippen LogP contribution in [0.2, 0.25) is 0 Å². The molecule has 1 aromatic carbocycles. The lowest BCUT2D eigenvalue weighted by Gasteiger charge is -2.37. The van der Waals surface area contributed by atoms with Gasteiger partial charge in [0, 0.05) is 24.0 Å². The molecule has 1 aromatic heterocycles. The lowest BCUT2D eigenvalue weighted by molar-refractivity contribution is -0.136. The number of nitrogens with zero attached hydrogens (tertiary/aromatic N) is 2. The van der Waals surface area contributed by atoms with Crippen molar-refractivity contribution in [3.8, 4) is 11.5 Å². The van der Waals surface area contributed by atoms with Crippen LogP contribution in [0.4, 0.5) is 0 Å². The van der Waals surface area contributed by atoms with Gasteiger partial charge in [0.05, 0.1) is 39.0 Å². The lowest BCUT2D eigenvalue weighted by atomic mass is 10.0. The van der Waals surface area contributed by atoms with Gasteiger partial charge in [-0.15, -0.1) is 17.9 Å². The summed E-state index contributed by atoms with van der Waals surface area (Å²) < 4.78 is 16.7. The Morgan fingerprint density at radius 2 is 2.06 bits per heavy atom. The van der Waals surface area contributed by atoms with E-state index in [2.05, 4.69) is 22.9 Å². The van der Waals surface area contributed by atoms with Crippen molar-refractivity contribution in [3.63, 3.8) is 0 Å². The van der Waals surface area contributed by atoms with Gasteiger partial charge in [-0.1, -0.05) is 6.08 Å². The predicted molar refractivity (Wildman–Crippen MR) is 133 cm³/mol. The molecular formula is C26H34N2O5S. The maximum absolute atomic E-state index is 13.5. The summed E-state index contributed by atoms with van der Waals surface area (Å²) in [6, 6.07) is 9.83. The highest BCUT2D eigenvalue weighted by Gasteiger charge is 2.36. The molecule has 1 fully saturated rings. The van der Waals surface area contributed by atoms with Crippen LogP contribution in [-0.4, -0.2) is 79.5 Å². The normalized spacial score (nSPS) is 18.4. The fourth-order valence-corrected chi connectivity index (χ4v) is 5.31. The van der Waals surface area contributed by atoms with Gasteiger partial charge in [0.15, 0.2) is 0 Å². The van der Waals surface area contributed by atoms with Crippen LogP contribution in [0.5, 0.6) is 11.5 Å². The summed E-state index contributed by atoms with van der Waals surface area (Å²) in [6.07, 6.45) is 4.02. The summed E-state index contributed by atoms with van der Waals surface area (Å²) in [7, 11) is 1.64. The smallest absolute Gasteiger partial charge is 0.237 e. The molecule has 0 unspecified atom stereocenters. The van der Waals surface area contributed by atoms with Crippen molar-refractivity contribution in [1.82, 2.24) is 9.80 Å². The first-order valence-corrected chi connectivity index (χ1v) is 12.7. The van der Waals surface area contributed by atoms with Crippen LogP contribution in [0.3, 0.4) is 0 Å². The third-order valence-electron chi connectivity index (χ3n) is 6.28. The Labute approximate surface area is 205 Å². The van der Waals surface area contributed by atoms with Gasteiger partial charge in [0.25, 0.3) is 0 Å². The number of hydrogen-bond donors (Lipinski definition) is 1. The highest BCUT2D eigenvalue weighted by molar-refractivity contribution is 7.10. The second-order valence-electron chi connectivity index (χ2n) is 8.78. The van der Waals surface area contributed by atoms with Gasteiger partial charge < -0.3 is 24.2 Å². The summed E-state index contributed by atoms with van der Waals surface area (Å²) in [5.74, 6) is 1.60. The molecular weight excluding hydrogens is 452 g/mol. The molecule has 8 heteroatoms. The lowest BCUT2D eigenvalue weighted by Crippen LogP contribution is -2.48. The first-order valence-electron chi connectivity index (χ1n) is 11.8. The second kappa shape index (κ2) is 11.8. The average molecular weight is 487 g/mol. The van der Waals surface area contributed by atoms with Crippen molar-refractivity contribution < 1.29 is 24.1 Å². The fourth-order valence-electron chi connectivity index (χ4n) is 4.38. The number of fused-ring (bicyclic) bond motifs is 1. The predicted octanol–water partition coefficient (Wildman–Crippen LogP) is 3.29. The Morgan fingerprint density at radius 3 is 2.76 bits per heavy atom. The number of benzene rings is 1. The zero-order chi connectivity index (χ0) is 23.9. The van der Waals surface area contributed by atoms with Crippen molar-refractivity contribution >= 4 is 17.2 Å². The van der Waals surface area contributed by atoms with Gasteiger partial charge in [0.2, 0.25) is 5.91 Å². The summed E-state index contributed by atoms with van der Waals surface area (Å²) in [6.45, 7) is 6.06. The summed E-state index contributed by atoms with van der Waals surface area (Å²) in [4.78, 5) is 18.9. The number of methoxy groups -OCH3 is 1. The van der Waals surface area contributed by atoms with Crippen LogP contribution in [0.25, 0.3) is 0 Å². The molecule has 0 bridgehead atoms. The van der Waals surface area contributed by atoms with Crippen LogP contribution in [0, 0.1) is 0 Å². The number of aliphatic hydroxyl groups excluding tert-OH is 1. The summed E-state index contributed by atoms with van der Waals surface area (Å²) in [5.41, 5.74) is 1.17. The molecule has 2 aromatic rings. The van der Waals surface area contributed by atoms with E-state index in [4.69, 9.17) is 14.2 Å². The Bertz CT molecular complexity index is 943. The van der Waals surface area contributed by atoms with Crippen LogP contribution in [-0.2, 0) is 16.0 Å². The molecule has 7 nitrogen and oxygen atoms in total. The number of ether oxygens (including phenoxy) is 3. The first-order chi connectivity index (χ1) is 16.6. The largest absolute Gasteiger partial charge is 0.497 e. The van der Waals surface area contributed by atoms with Crippen LogP contribution in [0.1, 0.15) is 29.3 Å². The molecule has 1 aliphatic heterocycles. The van der Waals surface area contributed by atoms with Gasteiger partial charge in [-0.05, 0) is 60.5 Å². The van der Waals surface area contributed by atoms with Gasteiger partial charge in [-0.3, -0.25) is 9.69 Å². The minimum atomic E-state index is -0.632. The fraction of sp³-hybridized carbons (Fsp3) is 0.500. The van der Waals surface area contributed by atoms with E-state index in [1.54, 1.807) is 24.5 Å². The van der Waals surface area contributed by atoms with Gasteiger partial charge in [-0.25, -0.2) is 0 Å². The van der Waals surface area contributed by atoms with E-state index in [-0.39, 0.29) is 18.6 Å². The molecule has 0 radical (unpaired) electrons. The number of carbonyl (C=O) groups excluding carboxylic acids is 1. The highest BCUT2D eigenvalue weighted by atomic mass is 32.1. The van der Waals surface area contributed by atoms with E-state index in [0.717, 1.165) is 30.8 Å². The van der Waals surface area contributed by atoms with E-state index >= 15 is 0 Å². The zero-order valence-electron chi connectivity index (χ0n) is 19.7. The highest BCUT2D eigenvalue weighted by Crippen LogP contribution is 2.35. The van der Waals surface area contributed by atoms with E-state index < -0.39 is 6.10 Å². The van der Waals surface area contributed by atoms with E-state index in [0.29, 0.717) is 38.9 Å². The molecule has 0 spiro atoms. The Kier molecular flexibility index (Phi) is 8.61. The molecule has 34 heavy (non-hydrogen) atoms. The average Bonchev–Trinajstić information content (AvgIpc) is 3.59. The molecule has 2 heterocycles. The van der Waals surface area contributed by atoms with E-state index in [1.165, 1.54) is 10.4 Å². The minimum Gasteiger partial charge on any atom is -0.497 e. The number of amides is 1. The van der Waals surface area contributed by atoms with Crippen molar-refractivity contribution in [1.29, 1.82) is 0 Å². The molecule has 1 saturated carbocycles. The molecule has 4 rings (SSSR count). The maximum atomic E-state index is 13.5. The van der Waals surface area contributed by atoms with Crippen molar-refractivity contribution in [3.05, 3.63) is 58.8 Å². The quantitative estimate of drug-likeness (QED) is 0.346. The van der Waals surface area contributed by atoms with Crippen LogP contribution in [0.15, 0.2) is 48.4 Å². The molecule has 2 aliphatic rings. The van der Waals surface area contributed by atoms with Gasteiger partial charge >= 0.3 is 0 Å². The van der Waals surface area contributed by atoms with Crippen LogP contribution >= 0.6 is 11.3 Å². The Morgan fingerprint density at radius 1 is 1.29 bits per heavy atom. The molecule has 0 saturated heterocycles.